The minimum absolute atomic E-state index is 0.136. The first-order chi connectivity index (χ1) is 16.5. The zero-order valence-corrected chi connectivity index (χ0v) is 22.1. The van der Waals surface area contributed by atoms with Crippen LogP contribution >= 0.6 is 12.2 Å². The highest BCUT2D eigenvalue weighted by Gasteiger charge is 2.28. The molecule has 0 unspecified atom stereocenters. The van der Waals surface area contributed by atoms with Gasteiger partial charge in [-0.2, -0.15) is 0 Å². The summed E-state index contributed by atoms with van der Waals surface area (Å²) in [5, 5.41) is 13.7. The number of carbonyl (C=O) groups excluding carboxylic acids is 5. The summed E-state index contributed by atoms with van der Waals surface area (Å²) >= 11 is 4.99. The van der Waals surface area contributed by atoms with Gasteiger partial charge in [0.05, 0.1) is 4.99 Å². The highest BCUT2D eigenvalue weighted by atomic mass is 32.1. The van der Waals surface area contributed by atoms with E-state index in [-0.39, 0.29) is 11.8 Å². The zero-order valence-electron chi connectivity index (χ0n) is 21.3. The van der Waals surface area contributed by atoms with Gasteiger partial charge in [-0.05, 0) is 51.9 Å². The Kier molecular flexibility index (Phi) is 17.1. The molecular weight excluding hydrogens is 472 g/mol. The van der Waals surface area contributed by atoms with Crippen LogP contribution in [0.1, 0.15) is 79.1 Å². The second-order valence-electron chi connectivity index (χ2n) is 8.52. The molecule has 0 fully saturated rings. The average molecular weight is 515 g/mol. The number of unbranched alkanes of at least 4 members (excludes halogenated alkanes) is 2. The van der Waals surface area contributed by atoms with Gasteiger partial charge in [-0.3, -0.25) is 24.0 Å². The maximum absolute atomic E-state index is 13.0. The van der Waals surface area contributed by atoms with Crippen LogP contribution in [-0.2, 0) is 24.0 Å². The van der Waals surface area contributed by atoms with Crippen molar-refractivity contribution in [1.29, 1.82) is 0 Å². The summed E-state index contributed by atoms with van der Waals surface area (Å²) in [7, 11) is 0. The first-order valence-electron chi connectivity index (χ1n) is 12.1. The van der Waals surface area contributed by atoms with Crippen LogP contribution in [0.5, 0.6) is 0 Å². The molecule has 0 radical (unpaired) electrons. The van der Waals surface area contributed by atoms with Crippen molar-refractivity contribution in [2.45, 2.75) is 97.2 Å². The van der Waals surface area contributed by atoms with E-state index in [1.807, 2.05) is 6.92 Å². The predicted octanol–water partition coefficient (Wildman–Crippen LogP) is 0.160. The minimum Gasteiger partial charge on any atom is -0.380 e. The fourth-order valence-electron chi connectivity index (χ4n) is 3.38. The Morgan fingerprint density at radius 1 is 0.686 bits per heavy atom. The highest BCUT2D eigenvalue weighted by Crippen LogP contribution is 2.07. The van der Waals surface area contributed by atoms with Crippen LogP contribution in [-0.4, -0.2) is 65.7 Å². The number of nitrogens with two attached hydrogens (primary N) is 1. The zero-order chi connectivity index (χ0) is 26.8. The SMILES string of the molecule is CCC[C@H](NC(=O)[C@H](CCCCNC(C)=S)NC(=O)[C@H](CCCCNC(C)=O)NC(C)=O)C(N)=O. The van der Waals surface area contributed by atoms with Crippen LogP contribution in [0.15, 0.2) is 0 Å². The van der Waals surface area contributed by atoms with Gasteiger partial charge in [0.1, 0.15) is 18.1 Å². The number of hydrogen-bond donors (Lipinski definition) is 6. The number of carbonyl (C=O) groups is 5. The monoisotopic (exact) mass is 514 g/mol. The summed E-state index contributed by atoms with van der Waals surface area (Å²) in [6.07, 6.45) is 4.28. The lowest BCUT2D eigenvalue weighted by Crippen LogP contribution is -2.56. The highest BCUT2D eigenvalue weighted by molar-refractivity contribution is 7.80. The summed E-state index contributed by atoms with van der Waals surface area (Å²) in [6, 6.07) is -2.56. The fraction of sp³-hybridized carbons (Fsp3) is 0.739. The van der Waals surface area contributed by atoms with E-state index in [0.717, 1.165) is 6.42 Å². The third kappa shape index (κ3) is 16.5. The molecule has 5 amide bonds. The molecule has 0 aliphatic rings. The van der Waals surface area contributed by atoms with Crippen LogP contribution in [0, 0.1) is 0 Å². The fourth-order valence-corrected chi connectivity index (χ4v) is 3.48. The van der Waals surface area contributed by atoms with Crippen molar-refractivity contribution in [2.24, 2.45) is 5.73 Å². The van der Waals surface area contributed by atoms with Crippen molar-refractivity contribution in [3.63, 3.8) is 0 Å². The quantitative estimate of drug-likeness (QED) is 0.112. The number of primary amides is 1. The second kappa shape index (κ2) is 18.6. The van der Waals surface area contributed by atoms with Crippen LogP contribution in [0.2, 0.25) is 0 Å². The first-order valence-corrected chi connectivity index (χ1v) is 12.5. The molecule has 0 aliphatic heterocycles. The molecule has 11 nitrogen and oxygen atoms in total. The van der Waals surface area contributed by atoms with Crippen LogP contribution in [0.3, 0.4) is 0 Å². The van der Waals surface area contributed by atoms with Crippen molar-refractivity contribution in [1.82, 2.24) is 26.6 Å². The number of rotatable bonds is 18. The normalized spacial score (nSPS) is 13.0. The smallest absolute Gasteiger partial charge is 0.243 e. The van der Waals surface area contributed by atoms with Crippen molar-refractivity contribution in [2.75, 3.05) is 13.1 Å². The van der Waals surface area contributed by atoms with E-state index in [2.05, 4.69) is 26.6 Å². The summed E-state index contributed by atoms with van der Waals surface area (Å²) < 4.78 is 0. The topological polar surface area (TPSA) is 172 Å². The van der Waals surface area contributed by atoms with E-state index in [9.17, 15) is 24.0 Å². The molecule has 0 saturated heterocycles. The molecular formula is C23H42N6O5S. The molecule has 0 spiro atoms. The Hall–Kier alpha value is -2.76. The van der Waals surface area contributed by atoms with E-state index < -0.39 is 35.8 Å². The average Bonchev–Trinajstić information content (AvgIpc) is 2.75. The van der Waals surface area contributed by atoms with Gasteiger partial charge in [0.2, 0.25) is 29.5 Å². The Morgan fingerprint density at radius 2 is 1.17 bits per heavy atom. The molecule has 7 N–H and O–H groups in total. The lowest BCUT2D eigenvalue weighted by atomic mass is 10.0. The van der Waals surface area contributed by atoms with E-state index in [0.29, 0.717) is 63.0 Å². The van der Waals surface area contributed by atoms with Gasteiger partial charge in [-0.1, -0.05) is 25.6 Å². The third-order valence-electron chi connectivity index (χ3n) is 5.15. The molecule has 3 atom stereocenters. The van der Waals surface area contributed by atoms with Crippen molar-refractivity contribution < 1.29 is 24.0 Å². The molecule has 0 saturated carbocycles. The van der Waals surface area contributed by atoms with Gasteiger partial charge in [0, 0.05) is 26.9 Å². The minimum atomic E-state index is -0.898. The molecule has 12 heteroatoms. The Labute approximate surface area is 213 Å². The van der Waals surface area contributed by atoms with E-state index in [1.165, 1.54) is 13.8 Å². The van der Waals surface area contributed by atoms with Gasteiger partial charge in [-0.25, -0.2) is 0 Å². The van der Waals surface area contributed by atoms with E-state index in [4.69, 9.17) is 18.0 Å². The molecule has 0 heterocycles. The summed E-state index contributed by atoms with van der Waals surface area (Å²) in [4.78, 5) is 61.0. The van der Waals surface area contributed by atoms with Gasteiger partial charge in [0.15, 0.2) is 0 Å². The molecule has 0 aromatic heterocycles. The molecule has 0 aliphatic carbocycles. The van der Waals surface area contributed by atoms with Crippen LogP contribution in [0.25, 0.3) is 0 Å². The Bertz CT molecular complexity index is 733. The van der Waals surface area contributed by atoms with Crippen molar-refractivity contribution in [3.05, 3.63) is 0 Å². The molecule has 0 aromatic rings. The summed E-state index contributed by atoms with van der Waals surface area (Å²) in [5.74, 6) is -2.13. The van der Waals surface area contributed by atoms with E-state index >= 15 is 0 Å². The molecule has 0 aromatic carbocycles. The van der Waals surface area contributed by atoms with Gasteiger partial charge < -0.3 is 32.3 Å². The first kappa shape index (κ1) is 32.2. The summed E-state index contributed by atoms with van der Waals surface area (Å²) in [6.45, 7) is 7.50. The molecule has 200 valence electrons. The van der Waals surface area contributed by atoms with E-state index in [1.54, 1.807) is 6.92 Å². The van der Waals surface area contributed by atoms with Crippen molar-refractivity contribution in [3.8, 4) is 0 Å². The van der Waals surface area contributed by atoms with Crippen molar-refractivity contribution >= 4 is 46.7 Å². The predicted molar refractivity (Wildman–Crippen MR) is 138 cm³/mol. The van der Waals surface area contributed by atoms with Gasteiger partial charge in [-0.15, -0.1) is 0 Å². The lowest BCUT2D eigenvalue weighted by Gasteiger charge is -2.24. The number of nitrogens with one attached hydrogen (secondary N) is 5. The maximum atomic E-state index is 13.0. The largest absolute Gasteiger partial charge is 0.380 e. The third-order valence-corrected chi connectivity index (χ3v) is 5.30. The number of amides is 5. The number of thiocarbonyl (C=S) groups is 1. The Balaban J connectivity index is 5.24. The van der Waals surface area contributed by atoms with Crippen LogP contribution < -0.4 is 32.3 Å². The second-order valence-corrected chi connectivity index (χ2v) is 9.14. The van der Waals surface area contributed by atoms with Crippen LogP contribution in [0.4, 0.5) is 0 Å². The molecule has 35 heavy (non-hydrogen) atoms. The van der Waals surface area contributed by atoms with Gasteiger partial charge >= 0.3 is 0 Å². The Morgan fingerprint density at radius 3 is 1.60 bits per heavy atom. The van der Waals surface area contributed by atoms with Gasteiger partial charge in [0.25, 0.3) is 0 Å². The summed E-state index contributed by atoms with van der Waals surface area (Å²) in [5.41, 5.74) is 5.41. The lowest BCUT2D eigenvalue weighted by molar-refractivity contribution is -0.133. The molecule has 0 rings (SSSR count). The number of hydrogen-bond acceptors (Lipinski definition) is 6. The molecule has 0 bridgehead atoms. The standard InChI is InChI=1S/C23H42N6O5S/c1-5-10-18(21(24)32)28-23(34)20(12-7-9-14-26-17(4)35)29-22(33)19(27-16(3)31)11-6-8-13-25-15(2)30/h18-20H,5-14H2,1-4H3,(H2,24,32)(H,25,30)(H,26,35)(H,27,31)(H,28,34)(H,29,33)/t18-,19-,20-/m0/s1. The maximum Gasteiger partial charge on any atom is 0.243 e.